The first-order valence-corrected chi connectivity index (χ1v) is 9.92. The van der Waals surface area contributed by atoms with E-state index in [1.807, 2.05) is 0 Å². The summed E-state index contributed by atoms with van der Waals surface area (Å²) in [6.45, 7) is 0. The van der Waals surface area contributed by atoms with Crippen LogP contribution < -0.4 is 0 Å². The SMILES string of the molecule is c1ccc(C(=C2CC2)c2cc(-c3ccccc3)cc(-c3ccccc3)c2)cc1. The van der Waals surface area contributed by atoms with Crippen LogP contribution in [-0.4, -0.2) is 0 Å². The van der Waals surface area contributed by atoms with Gasteiger partial charge in [0.15, 0.2) is 0 Å². The largest absolute Gasteiger partial charge is 0.0622 e. The minimum absolute atomic E-state index is 1.21. The van der Waals surface area contributed by atoms with E-state index in [0.717, 1.165) is 0 Å². The second-order valence-corrected chi connectivity index (χ2v) is 7.38. The summed E-state index contributed by atoms with van der Waals surface area (Å²) in [4.78, 5) is 0. The fraction of sp³-hybridized carbons (Fsp3) is 0.0714. The predicted molar refractivity (Wildman–Crippen MR) is 119 cm³/mol. The van der Waals surface area contributed by atoms with Gasteiger partial charge in [-0.3, -0.25) is 0 Å². The predicted octanol–water partition coefficient (Wildman–Crippen LogP) is 7.62. The van der Waals surface area contributed by atoms with Crippen molar-refractivity contribution in [3.63, 3.8) is 0 Å². The molecule has 1 saturated carbocycles. The Morgan fingerprint density at radius 2 is 0.893 bits per heavy atom. The maximum Gasteiger partial charge on any atom is -0.0119 e. The molecule has 1 fully saturated rings. The van der Waals surface area contributed by atoms with Crippen LogP contribution in [0.5, 0.6) is 0 Å². The van der Waals surface area contributed by atoms with Crippen molar-refractivity contribution in [2.45, 2.75) is 12.8 Å². The highest BCUT2D eigenvalue weighted by atomic mass is 14.3. The van der Waals surface area contributed by atoms with Gasteiger partial charge in [0, 0.05) is 0 Å². The van der Waals surface area contributed by atoms with E-state index in [1.165, 1.54) is 51.8 Å². The maximum atomic E-state index is 2.36. The fourth-order valence-electron chi connectivity index (χ4n) is 3.86. The monoisotopic (exact) mass is 358 g/mol. The van der Waals surface area contributed by atoms with Crippen LogP contribution in [-0.2, 0) is 0 Å². The van der Waals surface area contributed by atoms with Crippen molar-refractivity contribution >= 4 is 5.57 Å². The van der Waals surface area contributed by atoms with Crippen molar-refractivity contribution in [1.29, 1.82) is 0 Å². The molecular weight excluding hydrogens is 336 g/mol. The number of hydrogen-bond donors (Lipinski definition) is 0. The second kappa shape index (κ2) is 7.32. The highest BCUT2D eigenvalue weighted by Crippen LogP contribution is 2.42. The Balaban J connectivity index is 1.73. The first kappa shape index (κ1) is 16.8. The molecule has 0 amide bonds. The Labute approximate surface area is 166 Å². The van der Waals surface area contributed by atoms with Crippen LogP contribution in [0.2, 0.25) is 0 Å². The molecule has 0 radical (unpaired) electrons. The lowest BCUT2D eigenvalue weighted by atomic mass is 9.90. The molecule has 5 rings (SSSR count). The zero-order valence-electron chi connectivity index (χ0n) is 15.8. The van der Waals surface area contributed by atoms with E-state index in [4.69, 9.17) is 0 Å². The van der Waals surface area contributed by atoms with Gasteiger partial charge in [-0.05, 0) is 70.0 Å². The van der Waals surface area contributed by atoms with Crippen LogP contribution in [0.4, 0.5) is 0 Å². The molecule has 0 N–H and O–H groups in total. The average molecular weight is 358 g/mol. The smallest absolute Gasteiger partial charge is 0.0119 e. The normalized spacial score (nSPS) is 12.6. The van der Waals surface area contributed by atoms with E-state index in [1.54, 1.807) is 5.57 Å². The van der Waals surface area contributed by atoms with Crippen molar-refractivity contribution in [3.05, 3.63) is 126 Å². The number of allylic oxidation sites excluding steroid dienone is 1. The molecule has 0 nitrogen and oxygen atoms in total. The molecule has 0 atom stereocenters. The standard InChI is InChI=1S/C28H22/c1-4-10-21(11-5-1)25-18-26(22-12-6-2-7-13-22)20-27(19-25)28(24-16-17-24)23-14-8-3-9-15-23/h1-15,18-20H,16-17H2. The van der Waals surface area contributed by atoms with Crippen LogP contribution in [0.25, 0.3) is 27.8 Å². The molecular formula is C28H22. The molecule has 0 bridgehead atoms. The molecule has 1 aliphatic rings. The van der Waals surface area contributed by atoms with Crippen LogP contribution in [0, 0.1) is 0 Å². The van der Waals surface area contributed by atoms with Crippen LogP contribution in [0.15, 0.2) is 115 Å². The first-order valence-electron chi connectivity index (χ1n) is 9.92. The molecule has 4 aromatic carbocycles. The topological polar surface area (TPSA) is 0 Å². The highest BCUT2D eigenvalue weighted by molar-refractivity contribution is 5.88. The van der Waals surface area contributed by atoms with Gasteiger partial charge < -0.3 is 0 Å². The lowest BCUT2D eigenvalue weighted by molar-refractivity contribution is 1.50. The second-order valence-electron chi connectivity index (χ2n) is 7.38. The Morgan fingerprint density at radius 3 is 1.36 bits per heavy atom. The van der Waals surface area contributed by atoms with Crippen molar-refractivity contribution in [2.75, 3.05) is 0 Å². The average Bonchev–Trinajstić information content (AvgIpc) is 3.61. The molecule has 0 heteroatoms. The van der Waals surface area contributed by atoms with Crippen LogP contribution in [0.3, 0.4) is 0 Å². The van der Waals surface area contributed by atoms with Crippen molar-refractivity contribution < 1.29 is 0 Å². The van der Waals surface area contributed by atoms with Gasteiger partial charge in [0.05, 0.1) is 0 Å². The van der Waals surface area contributed by atoms with E-state index in [0.29, 0.717) is 0 Å². The van der Waals surface area contributed by atoms with Crippen molar-refractivity contribution in [1.82, 2.24) is 0 Å². The Kier molecular flexibility index (Phi) is 4.39. The lowest BCUT2D eigenvalue weighted by Crippen LogP contribution is -1.92. The summed E-state index contributed by atoms with van der Waals surface area (Å²) in [7, 11) is 0. The third-order valence-corrected chi connectivity index (χ3v) is 5.35. The number of rotatable bonds is 4. The molecule has 28 heavy (non-hydrogen) atoms. The zero-order valence-corrected chi connectivity index (χ0v) is 15.8. The first-order chi connectivity index (χ1) is 13.9. The van der Waals surface area contributed by atoms with Gasteiger partial charge in [0.2, 0.25) is 0 Å². The van der Waals surface area contributed by atoms with Gasteiger partial charge in [-0.25, -0.2) is 0 Å². The molecule has 0 aliphatic heterocycles. The maximum absolute atomic E-state index is 2.36. The summed E-state index contributed by atoms with van der Waals surface area (Å²) in [6.07, 6.45) is 2.42. The molecule has 0 aromatic heterocycles. The summed E-state index contributed by atoms with van der Waals surface area (Å²) < 4.78 is 0. The summed E-state index contributed by atoms with van der Waals surface area (Å²) in [5, 5.41) is 0. The summed E-state index contributed by atoms with van der Waals surface area (Å²) in [5.41, 5.74) is 10.7. The van der Waals surface area contributed by atoms with E-state index in [-0.39, 0.29) is 0 Å². The van der Waals surface area contributed by atoms with Crippen molar-refractivity contribution in [2.24, 2.45) is 0 Å². The van der Waals surface area contributed by atoms with Gasteiger partial charge in [-0.2, -0.15) is 0 Å². The number of benzene rings is 4. The van der Waals surface area contributed by atoms with E-state index < -0.39 is 0 Å². The zero-order chi connectivity index (χ0) is 18.8. The lowest BCUT2D eigenvalue weighted by Gasteiger charge is -2.14. The third-order valence-electron chi connectivity index (χ3n) is 5.35. The van der Waals surface area contributed by atoms with Crippen LogP contribution in [0.1, 0.15) is 24.0 Å². The van der Waals surface area contributed by atoms with Gasteiger partial charge in [-0.1, -0.05) is 96.6 Å². The Hall–Kier alpha value is -3.38. The molecule has 0 heterocycles. The van der Waals surface area contributed by atoms with Gasteiger partial charge in [0.25, 0.3) is 0 Å². The molecule has 0 unspecified atom stereocenters. The summed E-state index contributed by atoms with van der Waals surface area (Å²) in [5.74, 6) is 0. The van der Waals surface area contributed by atoms with E-state index in [2.05, 4.69) is 109 Å². The quantitative estimate of drug-likeness (QED) is 0.352. The van der Waals surface area contributed by atoms with Gasteiger partial charge in [0.1, 0.15) is 0 Å². The van der Waals surface area contributed by atoms with Crippen LogP contribution >= 0.6 is 0 Å². The van der Waals surface area contributed by atoms with Gasteiger partial charge in [-0.15, -0.1) is 0 Å². The van der Waals surface area contributed by atoms with E-state index >= 15 is 0 Å². The van der Waals surface area contributed by atoms with Crippen molar-refractivity contribution in [3.8, 4) is 22.3 Å². The fourth-order valence-corrected chi connectivity index (χ4v) is 3.86. The summed E-state index contributed by atoms with van der Waals surface area (Å²) in [6, 6.07) is 39.2. The molecule has 0 saturated heterocycles. The molecule has 4 aromatic rings. The molecule has 134 valence electrons. The molecule has 0 spiro atoms. The Bertz CT molecular complexity index is 1060. The van der Waals surface area contributed by atoms with E-state index in [9.17, 15) is 0 Å². The molecule has 1 aliphatic carbocycles. The Morgan fingerprint density at radius 1 is 0.429 bits per heavy atom. The minimum Gasteiger partial charge on any atom is -0.0622 e. The third kappa shape index (κ3) is 3.42. The van der Waals surface area contributed by atoms with Gasteiger partial charge >= 0.3 is 0 Å². The minimum atomic E-state index is 1.21. The highest BCUT2D eigenvalue weighted by Gasteiger charge is 2.21. The summed E-state index contributed by atoms with van der Waals surface area (Å²) >= 11 is 0. The number of hydrogen-bond acceptors (Lipinski definition) is 0.